The van der Waals surface area contributed by atoms with Crippen molar-refractivity contribution in [3.05, 3.63) is 108 Å². The second-order valence-corrected chi connectivity index (χ2v) is 8.79. The fourth-order valence-electron chi connectivity index (χ4n) is 4.88. The lowest BCUT2D eigenvalue weighted by atomic mass is 9.96. The number of hydrogen-bond donors (Lipinski definition) is 1. The van der Waals surface area contributed by atoms with Crippen LogP contribution in [0.4, 0.5) is 11.8 Å². The van der Waals surface area contributed by atoms with E-state index in [1.165, 1.54) is 11.1 Å². The Morgan fingerprint density at radius 2 is 1.29 bits per heavy atom. The minimum atomic E-state index is 0.222. The zero-order valence-corrected chi connectivity index (χ0v) is 19.4. The molecule has 2 aromatic heterocycles. The van der Waals surface area contributed by atoms with Gasteiger partial charge in [0, 0.05) is 37.9 Å². The molecule has 1 aliphatic rings. The molecule has 0 saturated carbocycles. The zero-order valence-electron chi connectivity index (χ0n) is 19.4. The quantitative estimate of drug-likeness (QED) is 0.421. The molecule has 0 amide bonds. The first-order valence-corrected chi connectivity index (χ1v) is 11.9. The van der Waals surface area contributed by atoms with Gasteiger partial charge in [-0.2, -0.15) is 9.50 Å². The van der Waals surface area contributed by atoms with Crippen molar-refractivity contribution in [3.8, 4) is 11.1 Å². The molecule has 0 aliphatic carbocycles. The number of piperazine rings is 1. The summed E-state index contributed by atoms with van der Waals surface area (Å²) in [4.78, 5) is 14.0. The molecule has 0 spiro atoms. The molecule has 5 aromatic rings. The van der Waals surface area contributed by atoms with Crippen LogP contribution >= 0.6 is 0 Å². The van der Waals surface area contributed by atoms with Crippen molar-refractivity contribution in [2.75, 3.05) is 36.8 Å². The lowest BCUT2D eigenvalue weighted by Crippen LogP contribution is -2.48. The number of nitrogen functional groups attached to an aromatic ring is 1. The molecule has 0 unspecified atom stereocenters. The predicted octanol–water partition coefficient (Wildman–Crippen LogP) is 4.29. The third kappa shape index (κ3) is 4.11. The number of hydrogen-bond acceptors (Lipinski definition) is 6. The molecule has 3 aromatic carbocycles. The Hall–Kier alpha value is -4.23. The van der Waals surface area contributed by atoms with E-state index in [9.17, 15) is 0 Å². The van der Waals surface area contributed by atoms with Crippen molar-refractivity contribution in [2.45, 2.75) is 6.04 Å². The molecule has 2 N–H and O–H groups in total. The number of aromatic nitrogens is 4. The minimum Gasteiger partial charge on any atom is -0.383 e. The number of benzene rings is 3. The molecule has 7 nitrogen and oxygen atoms in total. The number of anilines is 2. The van der Waals surface area contributed by atoms with Gasteiger partial charge in [0.1, 0.15) is 5.82 Å². The first kappa shape index (κ1) is 21.3. The fraction of sp³-hybridized carbons (Fsp3) is 0.179. The van der Waals surface area contributed by atoms with E-state index in [1.54, 1.807) is 10.7 Å². The van der Waals surface area contributed by atoms with Crippen LogP contribution in [0, 0.1) is 0 Å². The molecule has 1 fully saturated rings. The van der Waals surface area contributed by atoms with Gasteiger partial charge in [-0.05, 0) is 16.7 Å². The summed E-state index contributed by atoms with van der Waals surface area (Å²) in [6.45, 7) is 3.47. The van der Waals surface area contributed by atoms with Gasteiger partial charge in [-0.25, -0.2) is 4.98 Å². The van der Waals surface area contributed by atoms with Crippen LogP contribution in [0.1, 0.15) is 17.2 Å². The van der Waals surface area contributed by atoms with Crippen molar-refractivity contribution < 1.29 is 0 Å². The van der Waals surface area contributed by atoms with Gasteiger partial charge in [-0.3, -0.25) is 4.90 Å². The molecule has 1 aliphatic heterocycles. The first-order chi connectivity index (χ1) is 17.3. The Balaban J connectivity index is 1.24. The average molecular weight is 462 g/mol. The lowest BCUT2D eigenvalue weighted by Gasteiger charge is -2.39. The van der Waals surface area contributed by atoms with E-state index < -0.39 is 0 Å². The largest absolute Gasteiger partial charge is 0.383 e. The maximum atomic E-state index is 6.48. The summed E-state index contributed by atoms with van der Waals surface area (Å²) in [7, 11) is 0. The van der Waals surface area contributed by atoms with E-state index in [4.69, 9.17) is 10.8 Å². The van der Waals surface area contributed by atoms with E-state index in [0.29, 0.717) is 17.5 Å². The standard InChI is InChI=1S/C28H27N7/c29-26-24(21-10-4-1-5-11-21)20-30-27-31-28(32-35(26)27)34-18-16-33(17-19-34)25(22-12-6-2-7-13-22)23-14-8-3-9-15-23/h1-15,20,25H,16-19,29H2. The molecule has 3 heterocycles. The lowest BCUT2D eigenvalue weighted by molar-refractivity contribution is 0.211. The zero-order chi connectivity index (χ0) is 23.6. The van der Waals surface area contributed by atoms with Crippen molar-refractivity contribution in [2.24, 2.45) is 0 Å². The van der Waals surface area contributed by atoms with Gasteiger partial charge in [0.25, 0.3) is 5.78 Å². The van der Waals surface area contributed by atoms with Crippen molar-refractivity contribution in [1.29, 1.82) is 0 Å². The van der Waals surface area contributed by atoms with Gasteiger partial charge >= 0.3 is 0 Å². The summed E-state index contributed by atoms with van der Waals surface area (Å²) in [5, 5.41) is 4.73. The summed E-state index contributed by atoms with van der Waals surface area (Å²) in [5.41, 5.74) is 11.0. The summed E-state index contributed by atoms with van der Waals surface area (Å²) in [6.07, 6.45) is 1.78. The number of nitrogens with two attached hydrogens (primary N) is 1. The highest BCUT2D eigenvalue weighted by atomic mass is 15.4. The Labute approximate surface area is 204 Å². The highest BCUT2D eigenvalue weighted by Gasteiger charge is 2.28. The van der Waals surface area contributed by atoms with Crippen LogP contribution < -0.4 is 10.6 Å². The molecular formula is C28H27N7. The summed E-state index contributed by atoms with van der Waals surface area (Å²) in [6, 6.07) is 31.7. The van der Waals surface area contributed by atoms with Gasteiger partial charge in [-0.15, -0.1) is 5.10 Å². The molecule has 0 atom stereocenters. The van der Waals surface area contributed by atoms with Gasteiger partial charge in [-0.1, -0.05) is 91.0 Å². The van der Waals surface area contributed by atoms with Crippen molar-refractivity contribution in [1.82, 2.24) is 24.5 Å². The monoisotopic (exact) mass is 461 g/mol. The second kappa shape index (κ2) is 9.19. The molecule has 0 radical (unpaired) electrons. The van der Waals surface area contributed by atoms with Crippen LogP contribution in [0.3, 0.4) is 0 Å². The fourth-order valence-corrected chi connectivity index (χ4v) is 4.88. The Morgan fingerprint density at radius 1 is 0.714 bits per heavy atom. The van der Waals surface area contributed by atoms with Gasteiger partial charge in [0.15, 0.2) is 0 Å². The Morgan fingerprint density at radius 3 is 1.89 bits per heavy atom. The van der Waals surface area contributed by atoms with Crippen LogP contribution in [0.25, 0.3) is 16.9 Å². The molecular weight excluding hydrogens is 434 g/mol. The van der Waals surface area contributed by atoms with Gasteiger partial charge in [0.05, 0.1) is 6.04 Å². The molecule has 0 bridgehead atoms. The minimum absolute atomic E-state index is 0.222. The van der Waals surface area contributed by atoms with E-state index >= 15 is 0 Å². The van der Waals surface area contributed by atoms with Crippen molar-refractivity contribution >= 4 is 17.5 Å². The summed E-state index contributed by atoms with van der Waals surface area (Å²) >= 11 is 0. The van der Waals surface area contributed by atoms with Crippen LogP contribution in [-0.4, -0.2) is 50.7 Å². The average Bonchev–Trinajstić information content (AvgIpc) is 3.37. The number of nitrogens with zero attached hydrogens (tertiary/aromatic N) is 6. The third-order valence-corrected chi connectivity index (χ3v) is 6.67. The highest BCUT2D eigenvalue weighted by Crippen LogP contribution is 2.30. The van der Waals surface area contributed by atoms with Gasteiger partial charge in [0.2, 0.25) is 5.95 Å². The molecule has 1 saturated heterocycles. The van der Waals surface area contributed by atoms with Crippen LogP contribution in [-0.2, 0) is 0 Å². The van der Waals surface area contributed by atoms with E-state index in [-0.39, 0.29) is 6.04 Å². The highest BCUT2D eigenvalue weighted by molar-refractivity contribution is 5.74. The van der Waals surface area contributed by atoms with Crippen LogP contribution in [0.5, 0.6) is 0 Å². The van der Waals surface area contributed by atoms with Gasteiger partial charge < -0.3 is 10.6 Å². The Bertz CT molecular complexity index is 1370. The number of rotatable bonds is 5. The van der Waals surface area contributed by atoms with E-state index in [0.717, 1.165) is 37.3 Å². The SMILES string of the molecule is Nc1c(-c2ccccc2)cnc2nc(N3CCN(C(c4ccccc4)c4ccccc4)CC3)nn12. The normalized spacial score (nSPS) is 14.6. The predicted molar refractivity (Wildman–Crippen MR) is 139 cm³/mol. The second-order valence-electron chi connectivity index (χ2n) is 8.79. The van der Waals surface area contributed by atoms with E-state index in [1.807, 2.05) is 30.3 Å². The molecule has 6 rings (SSSR count). The Kier molecular flexibility index (Phi) is 5.60. The third-order valence-electron chi connectivity index (χ3n) is 6.67. The van der Waals surface area contributed by atoms with Crippen LogP contribution in [0.2, 0.25) is 0 Å². The summed E-state index contributed by atoms with van der Waals surface area (Å²) < 4.78 is 1.65. The first-order valence-electron chi connectivity index (χ1n) is 11.9. The van der Waals surface area contributed by atoms with Crippen molar-refractivity contribution in [3.63, 3.8) is 0 Å². The van der Waals surface area contributed by atoms with E-state index in [2.05, 4.69) is 80.4 Å². The maximum absolute atomic E-state index is 6.48. The molecule has 7 heteroatoms. The smallest absolute Gasteiger partial charge is 0.255 e. The topological polar surface area (TPSA) is 75.6 Å². The maximum Gasteiger partial charge on any atom is 0.255 e. The number of fused-ring (bicyclic) bond motifs is 1. The molecule has 174 valence electrons. The van der Waals surface area contributed by atoms with Crippen LogP contribution in [0.15, 0.2) is 97.2 Å². The summed E-state index contributed by atoms with van der Waals surface area (Å²) in [5.74, 6) is 1.74. The molecule has 35 heavy (non-hydrogen) atoms.